The highest BCUT2D eigenvalue weighted by Crippen LogP contribution is 2.18. The average molecular weight is 320 g/mol. The number of unbranched alkanes of at least 4 members (excludes halogenated alkanes) is 3. The van der Waals surface area contributed by atoms with Crippen molar-refractivity contribution in [2.75, 3.05) is 19.8 Å². The van der Waals surface area contributed by atoms with Crippen molar-refractivity contribution in [1.82, 2.24) is 3.82 Å². The van der Waals surface area contributed by atoms with Gasteiger partial charge < -0.3 is 4.74 Å². The second-order valence-corrected chi connectivity index (χ2v) is 6.91. The quantitative estimate of drug-likeness (QED) is 0.490. The number of sulfonamides is 1. The number of hydrogen-bond acceptors (Lipinski definition) is 3. The van der Waals surface area contributed by atoms with Crippen molar-refractivity contribution in [2.45, 2.75) is 37.5 Å². The second kappa shape index (κ2) is 9.34. The number of benzene rings is 1. The zero-order chi connectivity index (χ0) is 14.8. The molecule has 0 fully saturated rings. The normalized spacial score (nSPS) is 11.9. The highest BCUT2D eigenvalue weighted by molar-refractivity contribution is 7.90. The van der Waals surface area contributed by atoms with Gasteiger partial charge in [0.1, 0.15) is 0 Å². The third-order valence-corrected chi connectivity index (χ3v) is 5.16. The van der Waals surface area contributed by atoms with Gasteiger partial charge in [0.05, 0.1) is 4.90 Å². The highest BCUT2D eigenvalue weighted by atomic mass is 35.5. The summed E-state index contributed by atoms with van der Waals surface area (Å²) in [6.45, 7) is 3.81. The van der Waals surface area contributed by atoms with Gasteiger partial charge in [-0.05, 0) is 43.7 Å². The van der Waals surface area contributed by atoms with Gasteiger partial charge in [-0.2, -0.15) is 0 Å². The van der Waals surface area contributed by atoms with Crippen molar-refractivity contribution in [2.24, 2.45) is 0 Å². The van der Waals surface area contributed by atoms with E-state index in [1.54, 1.807) is 30.3 Å². The van der Waals surface area contributed by atoms with Gasteiger partial charge in [0.25, 0.3) is 10.0 Å². The molecule has 114 valence electrons. The van der Waals surface area contributed by atoms with Crippen molar-refractivity contribution in [3.05, 3.63) is 30.3 Å². The largest absolute Gasteiger partial charge is 0.382 e. The fraction of sp³-hybridized carbons (Fsp3) is 0.571. The average Bonchev–Trinajstić information content (AvgIpc) is 2.47. The lowest BCUT2D eigenvalue weighted by molar-refractivity contribution is 0.143. The minimum atomic E-state index is -3.57. The zero-order valence-corrected chi connectivity index (χ0v) is 13.4. The maximum absolute atomic E-state index is 12.1. The summed E-state index contributed by atoms with van der Waals surface area (Å²) in [5.74, 6) is 0. The van der Waals surface area contributed by atoms with Gasteiger partial charge >= 0.3 is 0 Å². The minimum absolute atomic E-state index is 0.228. The van der Waals surface area contributed by atoms with E-state index in [-0.39, 0.29) is 4.90 Å². The summed E-state index contributed by atoms with van der Waals surface area (Å²) < 4.78 is 30.4. The Balaban J connectivity index is 2.30. The van der Waals surface area contributed by atoms with E-state index in [1.165, 1.54) is 0 Å². The Morgan fingerprint density at radius 3 is 2.40 bits per heavy atom. The Morgan fingerprint density at radius 2 is 1.75 bits per heavy atom. The van der Waals surface area contributed by atoms with Crippen LogP contribution in [0.3, 0.4) is 0 Å². The van der Waals surface area contributed by atoms with Crippen molar-refractivity contribution in [1.29, 1.82) is 0 Å². The van der Waals surface area contributed by atoms with E-state index in [9.17, 15) is 8.42 Å². The van der Waals surface area contributed by atoms with Gasteiger partial charge in [-0.25, -0.2) is 8.42 Å². The van der Waals surface area contributed by atoms with E-state index in [4.69, 9.17) is 16.5 Å². The molecule has 0 atom stereocenters. The van der Waals surface area contributed by atoms with Crippen molar-refractivity contribution < 1.29 is 13.2 Å². The Morgan fingerprint density at radius 1 is 1.10 bits per heavy atom. The molecule has 20 heavy (non-hydrogen) atoms. The van der Waals surface area contributed by atoms with Crippen LogP contribution in [0.4, 0.5) is 0 Å². The molecule has 0 aliphatic carbocycles. The topological polar surface area (TPSA) is 46.6 Å². The lowest BCUT2D eigenvalue weighted by Gasteiger charge is -2.14. The van der Waals surface area contributed by atoms with E-state index < -0.39 is 10.0 Å². The molecule has 0 bridgehead atoms. The maximum atomic E-state index is 12.1. The van der Waals surface area contributed by atoms with Crippen LogP contribution in [-0.2, 0) is 14.8 Å². The lowest BCUT2D eigenvalue weighted by Crippen LogP contribution is -2.23. The summed E-state index contributed by atoms with van der Waals surface area (Å²) in [4.78, 5) is 0.228. The molecule has 0 aromatic heterocycles. The minimum Gasteiger partial charge on any atom is -0.382 e. The first-order valence-corrected chi connectivity index (χ1v) is 8.68. The van der Waals surface area contributed by atoms with Crippen molar-refractivity contribution >= 4 is 21.8 Å². The molecule has 0 aliphatic rings. The van der Waals surface area contributed by atoms with Crippen molar-refractivity contribution in [3.8, 4) is 0 Å². The van der Waals surface area contributed by atoms with Crippen LogP contribution in [0.15, 0.2) is 35.2 Å². The summed E-state index contributed by atoms with van der Waals surface area (Å²) in [7, 11) is -3.57. The van der Waals surface area contributed by atoms with E-state index in [0.29, 0.717) is 6.54 Å². The second-order valence-electron chi connectivity index (χ2n) is 4.44. The zero-order valence-electron chi connectivity index (χ0n) is 11.8. The Kier molecular flexibility index (Phi) is 8.14. The van der Waals surface area contributed by atoms with E-state index in [1.807, 2.05) is 6.92 Å². The molecule has 1 rings (SSSR count). The molecule has 1 aromatic rings. The molecule has 0 saturated carbocycles. The number of rotatable bonds is 10. The molecule has 4 nitrogen and oxygen atoms in total. The summed E-state index contributed by atoms with van der Waals surface area (Å²) in [5.41, 5.74) is 0. The first-order valence-electron chi connectivity index (χ1n) is 6.90. The highest BCUT2D eigenvalue weighted by Gasteiger charge is 2.21. The van der Waals surface area contributed by atoms with E-state index in [2.05, 4.69) is 0 Å². The molecule has 0 radical (unpaired) electrons. The van der Waals surface area contributed by atoms with Crippen LogP contribution < -0.4 is 0 Å². The summed E-state index contributed by atoms with van der Waals surface area (Å²) in [5, 5.41) is 0. The molecular formula is C14H22ClNO3S. The Bertz CT molecular complexity index is 465. The van der Waals surface area contributed by atoms with Crippen LogP contribution in [0.25, 0.3) is 0 Å². The van der Waals surface area contributed by atoms with Gasteiger partial charge in [0.2, 0.25) is 0 Å². The molecule has 1 aromatic carbocycles. The Labute approximate surface area is 126 Å². The summed E-state index contributed by atoms with van der Waals surface area (Å²) in [6.07, 6.45) is 3.72. The molecule has 0 spiro atoms. The van der Waals surface area contributed by atoms with Crippen molar-refractivity contribution in [3.63, 3.8) is 0 Å². The van der Waals surface area contributed by atoms with Gasteiger partial charge in [0.15, 0.2) is 0 Å². The Hall–Kier alpha value is -0.620. The van der Waals surface area contributed by atoms with E-state index >= 15 is 0 Å². The van der Waals surface area contributed by atoms with Crippen LogP contribution in [-0.4, -0.2) is 32.0 Å². The number of nitrogens with zero attached hydrogens (tertiary/aromatic N) is 1. The van der Waals surface area contributed by atoms with E-state index in [0.717, 1.165) is 42.7 Å². The molecule has 0 N–H and O–H groups in total. The standard InChI is InChI=1S/C14H22ClNO3S/c1-2-19-13-9-4-3-8-12-16(15)20(17,18)14-10-6-5-7-11-14/h5-7,10-11H,2-4,8-9,12-13H2,1H3. The molecule has 0 saturated heterocycles. The maximum Gasteiger partial charge on any atom is 0.256 e. The van der Waals surface area contributed by atoms with Crippen LogP contribution in [0.2, 0.25) is 0 Å². The molecule has 6 heteroatoms. The SMILES string of the molecule is CCOCCCCCCN(Cl)S(=O)(=O)c1ccccc1. The van der Waals surface area contributed by atoms with Crippen LogP contribution in [0, 0.1) is 0 Å². The molecule has 0 heterocycles. The number of halogens is 1. The summed E-state index contributed by atoms with van der Waals surface area (Å²) >= 11 is 5.89. The molecular weight excluding hydrogens is 298 g/mol. The first-order chi connectivity index (χ1) is 9.59. The molecule has 0 unspecified atom stereocenters. The first kappa shape index (κ1) is 17.4. The molecule has 0 aliphatic heterocycles. The van der Waals surface area contributed by atoms with Gasteiger partial charge in [0, 0.05) is 19.8 Å². The fourth-order valence-electron chi connectivity index (χ4n) is 1.77. The third-order valence-electron chi connectivity index (χ3n) is 2.88. The predicted octanol–water partition coefficient (Wildman–Crippen LogP) is 3.43. The van der Waals surface area contributed by atoms with Gasteiger partial charge in [-0.3, -0.25) is 0 Å². The monoisotopic (exact) mass is 319 g/mol. The predicted molar refractivity (Wildman–Crippen MR) is 81.1 cm³/mol. The van der Waals surface area contributed by atoms with Crippen LogP contribution in [0.5, 0.6) is 0 Å². The third kappa shape index (κ3) is 5.79. The lowest BCUT2D eigenvalue weighted by atomic mass is 10.2. The molecule has 0 amide bonds. The van der Waals surface area contributed by atoms with Crippen LogP contribution in [0.1, 0.15) is 32.6 Å². The number of ether oxygens (including phenoxy) is 1. The van der Waals surface area contributed by atoms with Gasteiger partial charge in [-0.1, -0.05) is 31.0 Å². The fourth-order valence-corrected chi connectivity index (χ4v) is 3.22. The van der Waals surface area contributed by atoms with Gasteiger partial charge in [-0.15, -0.1) is 3.82 Å². The number of hydrogen-bond donors (Lipinski definition) is 0. The summed E-state index contributed by atoms with van der Waals surface area (Å²) in [6, 6.07) is 8.24. The van der Waals surface area contributed by atoms with Crippen LogP contribution >= 0.6 is 11.8 Å². The smallest absolute Gasteiger partial charge is 0.256 e.